The quantitative estimate of drug-likeness (QED) is 0.209. The van der Waals surface area contributed by atoms with Crippen molar-refractivity contribution in [3.05, 3.63) is 158 Å². The molecule has 3 atom stereocenters. The number of aliphatic hydroxyl groups is 1. The molecule has 1 aliphatic heterocycles. The summed E-state index contributed by atoms with van der Waals surface area (Å²) in [6.07, 6.45) is -2.21. The van der Waals surface area contributed by atoms with E-state index in [1.54, 1.807) is 18.2 Å². The van der Waals surface area contributed by atoms with Gasteiger partial charge in [0, 0.05) is 18.1 Å². The second kappa shape index (κ2) is 15.5. The summed E-state index contributed by atoms with van der Waals surface area (Å²) in [4.78, 5) is 69.5. The van der Waals surface area contributed by atoms with Gasteiger partial charge in [0.05, 0.1) is 36.6 Å². The third-order valence-corrected chi connectivity index (χ3v) is 7.95. The van der Waals surface area contributed by atoms with E-state index in [9.17, 15) is 34.3 Å². The number of nitriles is 1. The summed E-state index contributed by atoms with van der Waals surface area (Å²) in [7, 11) is 0. The van der Waals surface area contributed by atoms with E-state index in [1.165, 1.54) is 42.5 Å². The molecule has 15 heteroatoms. The monoisotopic (exact) mass is 706 g/mol. The Morgan fingerprint density at radius 2 is 1.58 bits per heavy atom. The lowest BCUT2D eigenvalue weighted by atomic mass is 10.1. The van der Waals surface area contributed by atoms with Crippen LogP contribution in [0.2, 0.25) is 0 Å². The van der Waals surface area contributed by atoms with Gasteiger partial charge in [-0.2, -0.15) is 19.2 Å². The molecule has 0 radical (unpaired) electrons. The molecular formula is C37H27FN4O10. The zero-order valence-electron chi connectivity index (χ0n) is 27.0. The van der Waals surface area contributed by atoms with Crippen LogP contribution in [0, 0.1) is 17.1 Å². The summed E-state index contributed by atoms with van der Waals surface area (Å²) in [6.45, 7) is -0.317. The summed E-state index contributed by atoms with van der Waals surface area (Å²) in [5, 5.41) is 19.4. The van der Waals surface area contributed by atoms with Gasteiger partial charge in [0.2, 0.25) is 17.6 Å². The van der Waals surface area contributed by atoms with E-state index in [0.717, 1.165) is 16.2 Å². The van der Waals surface area contributed by atoms with Crippen LogP contribution in [-0.4, -0.2) is 55.9 Å². The summed E-state index contributed by atoms with van der Waals surface area (Å²) in [6, 6.07) is 26.1. The smallest absolute Gasteiger partial charge is 0.344 e. The third-order valence-electron chi connectivity index (χ3n) is 7.95. The molecule has 3 heterocycles. The first kappa shape index (κ1) is 35.2. The van der Waals surface area contributed by atoms with E-state index in [4.69, 9.17) is 18.9 Å². The molecule has 0 amide bonds. The molecule has 262 valence electrons. The highest BCUT2D eigenvalue weighted by Gasteiger charge is 2.38. The van der Waals surface area contributed by atoms with Gasteiger partial charge in [-0.3, -0.25) is 14.2 Å². The highest BCUT2D eigenvalue weighted by molar-refractivity contribution is 5.99. The number of hydrogen-bond acceptors (Lipinski definition) is 12. The topological polar surface area (TPSA) is 189 Å². The van der Waals surface area contributed by atoms with Gasteiger partial charge in [-0.05, 0) is 42.0 Å². The van der Waals surface area contributed by atoms with Gasteiger partial charge in [0.15, 0.2) is 0 Å². The fraction of sp³-hybridized carbons (Fsp3) is 0.162. The zero-order chi connectivity index (χ0) is 36.8. The summed E-state index contributed by atoms with van der Waals surface area (Å²) < 4.78 is 38.0. The minimum Gasteiger partial charge on any atom is -0.404 e. The van der Waals surface area contributed by atoms with Gasteiger partial charge in [-0.25, -0.2) is 14.4 Å². The molecule has 0 saturated carbocycles. The Kier molecular flexibility index (Phi) is 10.5. The SMILES string of the molecule is N#Cc1ccc(OC(=O)c2ccccc2)nc1OC(=O)c1cccc(C(=O)n2c(=O)c(F)cn([C@H]3C[C@H](OCc4ccccc4)[C@@H](CO)O3)c2=O)c1. The molecule has 1 fully saturated rings. The molecule has 0 aliphatic carbocycles. The molecule has 2 aromatic heterocycles. The molecule has 5 aromatic rings. The molecule has 14 nitrogen and oxygen atoms in total. The predicted molar refractivity (Wildman–Crippen MR) is 177 cm³/mol. The molecule has 52 heavy (non-hydrogen) atoms. The number of carbonyl (C=O) groups excluding carboxylic acids is 3. The van der Waals surface area contributed by atoms with Crippen molar-refractivity contribution in [1.82, 2.24) is 14.1 Å². The number of hydrogen-bond donors (Lipinski definition) is 1. The average molecular weight is 707 g/mol. The van der Waals surface area contributed by atoms with Crippen molar-refractivity contribution in [3.8, 4) is 17.8 Å². The van der Waals surface area contributed by atoms with Crippen molar-refractivity contribution in [1.29, 1.82) is 5.26 Å². The number of ether oxygens (including phenoxy) is 4. The van der Waals surface area contributed by atoms with E-state index < -0.39 is 65.8 Å². The molecular weight excluding hydrogens is 679 g/mol. The zero-order valence-corrected chi connectivity index (χ0v) is 27.0. The fourth-order valence-electron chi connectivity index (χ4n) is 5.34. The highest BCUT2D eigenvalue weighted by Crippen LogP contribution is 2.30. The first-order valence-corrected chi connectivity index (χ1v) is 15.7. The summed E-state index contributed by atoms with van der Waals surface area (Å²) >= 11 is 0. The Balaban J connectivity index is 1.22. The molecule has 1 aliphatic rings. The Hall–Kier alpha value is -6.60. The molecule has 1 saturated heterocycles. The molecule has 3 aromatic carbocycles. The number of halogens is 1. The lowest BCUT2D eigenvalue weighted by Gasteiger charge is -2.17. The summed E-state index contributed by atoms with van der Waals surface area (Å²) in [5.74, 6) is -5.34. The molecule has 1 N–H and O–H groups in total. The summed E-state index contributed by atoms with van der Waals surface area (Å²) in [5.41, 5.74) is -2.53. The number of pyridine rings is 1. The van der Waals surface area contributed by atoms with Gasteiger partial charge in [0.25, 0.3) is 11.5 Å². The van der Waals surface area contributed by atoms with Crippen molar-refractivity contribution in [3.63, 3.8) is 0 Å². The van der Waals surface area contributed by atoms with E-state index in [0.29, 0.717) is 6.20 Å². The number of carbonyl (C=O) groups is 3. The minimum absolute atomic E-state index is 0.0174. The van der Waals surface area contributed by atoms with E-state index >= 15 is 4.39 Å². The molecule has 0 unspecified atom stereocenters. The van der Waals surface area contributed by atoms with Gasteiger partial charge in [0.1, 0.15) is 24.0 Å². The maximum absolute atomic E-state index is 15.0. The van der Waals surface area contributed by atoms with Gasteiger partial charge >= 0.3 is 17.6 Å². The van der Waals surface area contributed by atoms with Crippen molar-refractivity contribution in [2.45, 2.75) is 31.5 Å². The van der Waals surface area contributed by atoms with Crippen LogP contribution in [0.15, 0.2) is 113 Å². The second-order valence-corrected chi connectivity index (χ2v) is 11.3. The van der Waals surface area contributed by atoms with Crippen LogP contribution >= 0.6 is 0 Å². The minimum atomic E-state index is -1.54. The number of aliphatic hydroxyl groups excluding tert-OH is 1. The van der Waals surface area contributed by atoms with Crippen LogP contribution < -0.4 is 20.7 Å². The van der Waals surface area contributed by atoms with Crippen molar-refractivity contribution in [2.24, 2.45) is 0 Å². The van der Waals surface area contributed by atoms with Crippen LogP contribution in [0.25, 0.3) is 0 Å². The molecule has 0 bridgehead atoms. The normalized spacial score (nSPS) is 16.5. The molecule has 0 spiro atoms. The Bertz CT molecular complexity index is 2300. The maximum Gasteiger partial charge on any atom is 0.344 e. The van der Waals surface area contributed by atoms with Gasteiger partial charge < -0.3 is 24.1 Å². The fourth-order valence-corrected chi connectivity index (χ4v) is 5.34. The predicted octanol–water partition coefficient (Wildman–Crippen LogP) is 3.41. The van der Waals surface area contributed by atoms with Gasteiger partial charge in [-0.15, -0.1) is 0 Å². The number of esters is 2. The van der Waals surface area contributed by atoms with Crippen molar-refractivity contribution in [2.75, 3.05) is 6.61 Å². The second-order valence-electron chi connectivity index (χ2n) is 11.3. The number of nitrogens with zero attached hydrogens (tertiary/aromatic N) is 4. The number of rotatable bonds is 10. The average Bonchev–Trinajstić information content (AvgIpc) is 3.59. The lowest BCUT2D eigenvalue weighted by molar-refractivity contribution is -0.0661. The lowest BCUT2D eigenvalue weighted by Crippen LogP contribution is -2.46. The van der Waals surface area contributed by atoms with Gasteiger partial charge in [-0.1, -0.05) is 54.6 Å². The van der Waals surface area contributed by atoms with E-state index in [1.807, 2.05) is 36.4 Å². The first-order chi connectivity index (χ1) is 25.2. The first-order valence-electron chi connectivity index (χ1n) is 15.7. The van der Waals surface area contributed by atoms with Crippen molar-refractivity contribution < 1.29 is 42.8 Å². The Morgan fingerprint density at radius 1 is 0.904 bits per heavy atom. The van der Waals surface area contributed by atoms with Crippen LogP contribution in [0.1, 0.15) is 54.8 Å². The highest BCUT2D eigenvalue weighted by atomic mass is 19.1. The van der Waals surface area contributed by atoms with Crippen LogP contribution in [0.4, 0.5) is 4.39 Å². The van der Waals surface area contributed by atoms with Crippen LogP contribution in [0.5, 0.6) is 11.8 Å². The number of benzene rings is 3. The maximum atomic E-state index is 15.0. The Morgan fingerprint density at radius 3 is 2.29 bits per heavy atom. The Labute approximate surface area is 293 Å². The molecule has 6 rings (SSSR count). The van der Waals surface area contributed by atoms with E-state index in [-0.39, 0.29) is 45.7 Å². The van der Waals surface area contributed by atoms with Crippen LogP contribution in [0.3, 0.4) is 0 Å². The van der Waals surface area contributed by atoms with Crippen LogP contribution in [-0.2, 0) is 16.1 Å². The largest absolute Gasteiger partial charge is 0.404 e. The third kappa shape index (κ3) is 7.59. The standard InChI is InChI=1S/C37H27FN4O10/c38-27-19-41(31-17-28(29(20-43)50-31)49-21-22-8-3-1-4-9-22)37(48)42(34(27)45)33(44)24-12-7-13-25(16-24)36(47)52-32-26(18-39)14-15-30(40-32)51-35(46)23-10-5-2-6-11-23/h1-16,19,28-29,31,43H,17,20-21H2/t28-,29+,31+/m0/s1. The van der Waals surface area contributed by atoms with E-state index in [2.05, 4.69) is 4.98 Å². The number of aromatic nitrogens is 3. The van der Waals surface area contributed by atoms with Crippen molar-refractivity contribution >= 4 is 17.8 Å².